The first-order valence-corrected chi connectivity index (χ1v) is 14.7. The molecule has 3 aromatic carbocycles. The third-order valence-corrected chi connectivity index (χ3v) is 8.37. The lowest BCUT2D eigenvalue weighted by molar-refractivity contribution is -0.139. The number of para-hydroxylation sites is 1. The number of carbonyl (C=O) groups is 2. The lowest BCUT2D eigenvalue weighted by atomic mass is 10.1. The fraction of sp³-hybridized carbons (Fsp3) is 0.310. The summed E-state index contributed by atoms with van der Waals surface area (Å²) in [6.07, 6.45) is 0. The Morgan fingerprint density at radius 3 is 2.08 bits per heavy atom. The van der Waals surface area contributed by atoms with Crippen LogP contribution in [0.1, 0.15) is 31.9 Å². The van der Waals surface area contributed by atoms with Crippen molar-refractivity contribution in [2.45, 2.75) is 45.2 Å². The minimum Gasteiger partial charge on any atom is -0.354 e. The van der Waals surface area contributed by atoms with Gasteiger partial charge in [-0.15, -0.1) is 0 Å². The first kappa shape index (κ1) is 29.4. The average molecular weight is 601 g/mol. The molecule has 0 aliphatic carbocycles. The summed E-state index contributed by atoms with van der Waals surface area (Å²) in [6.45, 7) is 7.68. The van der Waals surface area contributed by atoms with E-state index in [0.29, 0.717) is 12.2 Å². The molecule has 1 N–H and O–H groups in total. The largest absolute Gasteiger partial charge is 0.354 e. The maximum absolute atomic E-state index is 13.8. The molecule has 0 saturated heterocycles. The molecule has 1 atom stereocenters. The Hall–Kier alpha value is -3.17. The summed E-state index contributed by atoms with van der Waals surface area (Å²) in [5.41, 5.74) is 2.10. The van der Waals surface area contributed by atoms with Crippen LogP contribution in [0.5, 0.6) is 0 Å². The number of halogens is 1. The van der Waals surface area contributed by atoms with Crippen LogP contribution in [0, 0.1) is 12.8 Å². The first-order valence-electron chi connectivity index (χ1n) is 12.4. The van der Waals surface area contributed by atoms with Gasteiger partial charge in [0.05, 0.1) is 10.6 Å². The number of sulfonamides is 1. The van der Waals surface area contributed by atoms with Crippen LogP contribution in [0.2, 0.25) is 0 Å². The number of benzene rings is 3. The van der Waals surface area contributed by atoms with Crippen LogP contribution >= 0.6 is 15.9 Å². The fourth-order valence-corrected chi connectivity index (χ4v) is 5.46. The highest BCUT2D eigenvalue weighted by molar-refractivity contribution is 9.10. The van der Waals surface area contributed by atoms with Crippen LogP contribution in [-0.2, 0) is 26.2 Å². The van der Waals surface area contributed by atoms with E-state index in [9.17, 15) is 18.0 Å². The molecule has 0 heterocycles. The third kappa shape index (κ3) is 7.68. The summed E-state index contributed by atoms with van der Waals surface area (Å²) >= 11 is 3.42. The normalized spacial score (nSPS) is 12.2. The van der Waals surface area contributed by atoms with Crippen LogP contribution in [0.3, 0.4) is 0 Å². The quantitative estimate of drug-likeness (QED) is 0.330. The molecule has 3 rings (SSSR count). The number of anilines is 1. The van der Waals surface area contributed by atoms with Gasteiger partial charge in [0, 0.05) is 17.6 Å². The Labute approximate surface area is 234 Å². The van der Waals surface area contributed by atoms with Gasteiger partial charge in [0.1, 0.15) is 12.6 Å². The number of amides is 2. The van der Waals surface area contributed by atoms with Crippen LogP contribution in [0.25, 0.3) is 0 Å². The van der Waals surface area contributed by atoms with E-state index in [4.69, 9.17) is 0 Å². The molecule has 0 saturated carbocycles. The minimum absolute atomic E-state index is 0.0851. The number of rotatable bonds is 11. The molecule has 0 spiro atoms. The molecule has 0 aliphatic heterocycles. The number of hydrogen-bond acceptors (Lipinski definition) is 4. The monoisotopic (exact) mass is 599 g/mol. The van der Waals surface area contributed by atoms with Crippen LogP contribution in [0.15, 0.2) is 88.2 Å². The average Bonchev–Trinajstić information content (AvgIpc) is 2.90. The Bertz CT molecular complexity index is 1330. The zero-order valence-electron chi connectivity index (χ0n) is 22.1. The summed E-state index contributed by atoms with van der Waals surface area (Å²) in [5.74, 6) is -0.536. The molecular weight excluding hydrogens is 566 g/mol. The van der Waals surface area contributed by atoms with Crippen molar-refractivity contribution in [2.24, 2.45) is 5.92 Å². The number of nitrogens with one attached hydrogen (secondary N) is 1. The van der Waals surface area contributed by atoms with Gasteiger partial charge in [0.2, 0.25) is 11.8 Å². The van der Waals surface area contributed by atoms with Gasteiger partial charge in [-0.2, -0.15) is 0 Å². The zero-order chi connectivity index (χ0) is 27.9. The number of hydrogen-bond donors (Lipinski definition) is 1. The maximum Gasteiger partial charge on any atom is 0.264 e. The van der Waals surface area contributed by atoms with Crippen molar-refractivity contribution in [2.75, 3.05) is 17.4 Å². The van der Waals surface area contributed by atoms with Crippen molar-refractivity contribution in [3.63, 3.8) is 0 Å². The van der Waals surface area contributed by atoms with Gasteiger partial charge < -0.3 is 10.2 Å². The molecule has 0 aromatic heterocycles. The lowest BCUT2D eigenvalue weighted by Crippen LogP contribution is -2.51. The molecule has 38 heavy (non-hydrogen) atoms. The second kappa shape index (κ2) is 13.1. The summed E-state index contributed by atoms with van der Waals surface area (Å²) in [7, 11) is -4.07. The summed E-state index contributed by atoms with van der Waals surface area (Å²) < 4.78 is 29.5. The van der Waals surface area contributed by atoms with Gasteiger partial charge in [-0.25, -0.2) is 8.42 Å². The van der Waals surface area contributed by atoms with Crippen molar-refractivity contribution >= 4 is 43.5 Å². The molecule has 9 heteroatoms. The molecule has 0 unspecified atom stereocenters. The van der Waals surface area contributed by atoms with E-state index in [1.807, 2.05) is 45.0 Å². The second-order valence-corrected chi connectivity index (χ2v) is 12.4. The lowest BCUT2D eigenvalue weighted by Gasteiger charge is -2.32. The van der Waals surface area contributed by atoms with E-state index < -0.39 is 28.5 Å². The van der Waals surface area contributed by atoms with Crippen molar-refractivity contribution in [1.29, 1.82) is 0 Å². The molecule has 2 amide bonds. The van der Waals surface area contributed by atoms with Crippen molar-refractivity contribution in [3.05, 3.63) is 94.5 Å². The van der Waals surface area contributed by atoms with E-state index in [1.54, 1.807) is 49.4 Å². The Kier molecular flexibility index (Phi) is 10.1. The predicted molar refractivity (Wildman–Crippen MR) is 154 cm³/mol. The highest BCUT2D eigenvalue weighted by Gasteiger charge is 2.32. The van der Waals surface area contributed by atoms with Crippen LogP contribution in [0.4, 0.5) is 5.69 Å². The van der Waals surface area contributed by atoms with E-state index in [1.165, 1.54) is 17.0 Å². The van der Waals surface area contributed by atoms with Gasteiger partial charge in [-0.05, 0) is 61.7 Å². The van der Waals surface area contributed by atoms with Gasteiger partial charge in [-0.3, -0.25) is 13.9 Å². The SMILES string of the molecule is Cc1ccc(S(=O)(=O)N(CC(=O)N(Cc2ccc(Br)cc2)[C@@H](C)C(=O)NCC(C)C)c2ccccc2)cc1. The van der Waals surface area contributed by atoms with Crippen LogP contribution < -0.4 is 9.62 Å². The molecule has 0 bridgehead atoms. The molecular formula is C29H34BrN3O4S. The highest BCUT2D eigenvalue weighted by atomic mass is 79.9. The van der Waals surface area contributed by atoms with Gasteiger partial charge in [0.15, 0.2) is 0 Å². The summed E-state index contributed by atoms with van der Waals surface area (Å²) in [4.78, 5) is 28.4. The molecule has 0 aliphatic rings. The van der Waals surface area contributed by atoms with Crippen molar-refractivity contribution in [3.8, 4) is 0 Å². The predicted octanol–water partition coefficient (Wildman–Crippen LogP) is 5.14. The Morgan fingerprint density at radius 1 is 0.895 bits per heavy atom. The summed E-state index contributed by atoms with van der Waals surface area (Å²) in [6, 6.07) is 21.7. The smallest absolute Gasteiger partial charge is 0.264 e. The fourth-order valence-electron chi connectivity index (χ4n) is 3.78. The van der Waals surface area contributed by atoms with E-state index >= 15 is 0 Å². The number of aryl methyl sites for hydroxylation is 1. The molecule has 0 radical (unpaired) electrons. The van der Waals surface area contributed by atoms with Gasteiger partial charge in [0.25, 0.3) is 10.0 Å². The Morgan fingerprint density at radius 2 is 1.50 bits per heavy atom. The standard InChI is InChI=1S/C29H34BrN3O4S/c1-21(2)18-31-29(35)23(4)32(19-24-12-14-25(30)15-13-24)28(34)20-33(26-8-6-5-7-9-26)38(36,37)27-16-10-22(3)11-17-27/h5-17,21,23H,18-20H2,1-4H3,(H,31,35)/t23-/m0/s1. The topological polar surface area (TPSA) is 86.8 Å². The third-order valence-electron chi connectivity index (χ3n) is 6.05. The van der Waals surface area contributed by atoms with Crippen molar-refractivity contribution < 1.29 is 18.0 Å². The maximum atomic E-state index is 13.8. The molecule has 3 aromatic rings. The first-order chi connectivity index (χ1) is 18.0. The molecule has 0 fully saturated rings. The second-order valence-electron chi connectivity index (χ2n) is 9.62. The minimum atomic E-state index is -4.07. The van der Waals surface area contributed by atoms with E-state index in [0.717, 1.165) is 19.9 Å². The number of carbonyl (C=O) groups excluding carboxylic acids is 2. The molecule has 7 nitrogen and oxygen atoms in total. The van der Waals surface area contributed by atoms with E-state index in [-0.39, 0.29) is 23.3 Å². The van der Waals surface area contributed by atoms with Gasteiger partial charge in [-0.1, -0.05) is 77.8 Å². The molecule has 202 valence electrons. The van der Waals surface area contributed by atoms with Gasteiger partial charge >= 0.3 is 0 Å². The zero-order valence-corrected chi connectivity index (χ0v) is 24.5. The summed E-state index contributed by atoms with van der Waals surface area (Å²) in [5, 5.41) is 2.89. The Balaban J connectivity index is 1.97. The highest BCUT2D eigenvalue weighted by Crippen LogP contribution is 2.25. The number of nitrogens with zero attached hydrogens (tertiary/aromatic N) is 2. The van der Waals surface area contributed by atoms with Crippen molar-refractivity contribution in [1.82, 2.24) is 10.2 Å². The van der Waals surface area contributed by atoms with E-state index in [2.05, 4.69) is 21.2 Å². The van der Waals surface area contributed by atoms with Crippen LogP contribution in [-0.4, -0.2) is 44.3 Å².